The summed E-state index contributed by atoms with van der Waals surface area (Å²) in [6, 6.07) is 3.77. The summed E-state index contributed by atoms with van der Waals surface area (Å²) in [5.74, 6) is 0.556. The summed E-state index contributed by atoms with van der Waals surface area (Å²) in [5, 5.41) is 14.8. The summed E-state index contributed by atoms with van der Waals surface area (Å²) in [5.41, 5.74) is 3.20. The molecule has 0 saturated carbocycles. The first-order valence-electron chi connectivity index (χ1n) is 7.28. The Morgan fingerprint density at radius 2 is 2.22 bits per heavy atom. The van der Waals surface area contributed by atoms with Crippen LogP contribution in [0.4, 0.5) is 0 Å². The van der Waals surface area contributed by atoms with Crippen LogP contribution in [0, 0.1) is 13.8 Å². The average molecular weight is 314 g/mol. The van der Waals surface area contributed by atoms with E-state index in [1.54, 1.807) is 19.5 Å². The van der Waals surface area contributed by atoms with Gasteiger partial charge in [-0.05, 0) is 26.0 Å². The second kappa shape index (κ2) is 6.07. The molecule has 23 heavy (non-hydrogen) atoms. The quantitative estimate of drug-likeness (QED) is 0.767. The van der Waals surface area contributed by atoms with Gasteiger partial charge in [-0.3, -0.25) is 14.2 Å². The van der Waals surface area contributed by atoms with E-state index in [1.807, 2.05) is 30.7 Å². The van der Waals surface area contributed by atoms with E-state index in [1.165, 1.54) is 4.68 Å². The average Bonchev–Trinajstić information content (AvgIpc) is 3.22. The van der Waals surface area contributed by atoms with Gasteiger partial charge in [-0.25, -0.2) is 0 Å². The Bertz CT molecular complexity index is 815. The Balaban J connectivity index is 1.65. The van der Waals surface area contributed by atoms with E-state index in [2.05, 4.69) is 20.7 Å². The summed E-state index contributed by atoms with van der Waals surface area (Å²) < 4.78 is 8.81. The molecule has 1 amide bonds. The summed E-state index contributed by atoms with van der Waals surface area (Å²) in [6.07, 6.45) is 3.22. The number of furan rings is 1. The van der Waals surface area contributed by atoms with Gasteiger partial charge in [0.25, 0.3) is 5.91 Å². The minimum Gasteiger partial charge on any atom is -0.464 e. The number of nitrogens with zero attached hydrogens (tertiary/aromatic N) is 5. The van der Waals surface area contributed by atoms with Crippen molar-refractivity contribution < 1.29 is 9.21 Å². The molecule has 3 rings (SSSR count). The lowest BCUT2D eigenvalue weighted by Crippen LogP contribution is -2.28. The highest BCUT2D eigenvalue weighted by Gasteiger charge is 2.16. The first-order chi connectivity index (χ1) is 11.1. The molecule has 120 valence electrons. The van der Waals surface area contributed by atoms with Crippen molar-refractivity contribution in [3.63, 3.8) is 0 Å². The molecule has 8 heteroatoms. The maximum Gasteiger partial charge on any atom is 0.273 e. The monoisotopic (exact) mass is 314 g/mol. The summed E-state index contributed by atoms with van der Waals surface area (Å²) in [7, 11) is 1.72. The van der Waals surface area contributed by atoms with E-state index < -0.39 is 0 Å². The number of carbonyl (C=O) groups is 1. The number of hydrogen-bond donors (Lipinski definition) is 1. The number of aryl methyl sites for hydroxylation is 2. The molecule has 0 unspecified atom stereocenters. The standard InChI is InChI=1S/C15H18N6O2/c1-10-14(13-5-4-8-23-13)11(2)21(18-10)7-6-16-15(22)12-9-20(3)19-17-12/h4-5,8-9H,6-7H2,1-3H3,(H,16,22). The molecule has 3 aromatic heterocycles. The molecule has 0 aliphatic carbocycles. The summed E-state index contributed by atoms with van der Waals surface area (Å²) >= 11 is 0. The molecular weight excluding hydrogens is 296 g/mol. The third kappa shape index (κ3) is 3.01. The smallest absolute Gasteiger partial charge is 0.273 e. The second-order valence-electron chi connectivity index (χ2n) is 5.28. The van der Waals surface area contributed by atoms with E-state index in [9.17, 15) is 4.79 Å². The number of aromatic nitrogens is 5. The van der Waals surface area contributed by atoms with Crippen molar-refractivity contribution in [2.75, 3.05) is 6.54 Å². The lowest BCUT2D eigenvalue weighted by atomic mass is 10.1. The van der Waals surface area contributed by atoms with Crippen molar-refractivity contribution in [2.45, 2.75) is 20.4 Å². The highest BCUT2D eigenvalue weighted by atomic mass is 16.3. The van der Waals surface area contributed by atoms with Crippen LogP contribution in [0.15, 0.2) is 29.0 Å². The maximum atomic E-state index is 11.9. The molecule has 0 saturated heterocycles. The van der Waals surface area contributed by atoms with E-state index in [4.69, 9.17) is 4.42 Å². The minimum absolute atomic E-state index is 0.245. The van der Waals surface area contributed by atoms with Gasteiger partial charge in [0, 0.05) is 19.3 Å². The fourth-order valence-electron chi connectivity index (χ4n) is 2.51. The number of hydrogen-bond acceptors (Lipinski definition) is 5. The van der Waals surface area contributed by atoms with Crippen LogP contribution in [0.5, 0.6) is 0 Å². The summed E-state index contributed by atoms with van der Waals surface area (Å²) in [6.45, 7) is 4.95. The van der Waals surface area contributed by atoms with Crippen molar-refractivity contribution in [3.8, 4) is 11.3 Å². The molecule has 3 aromatic rings. The van der Waals surface area contributed by atoms with E-state index in [-0.39, 0.29) is 5.91 Å². The van der Waals surface area contributed by atoms with Crippen LogP contribution < -0.4 is 5.32 Å². The highest BCUT2D eigenvalue weighted by molar-refractivity contribution is 5.91. The Morgan fingerprint density at radius 1 is 1.39 bits per heavy atom. The molecule has 0 radical (unpaired) electrons. The predicted molar refractivity (Wildman–Crippen MR) is 82.7 cm³/mol. The van der Waals surface area contributed by atoms with Gasteiger partial charge in [0.15, 0.2) is 5.69 Å². The van der Waals surface area contributed by atoms with Crippen LogP contribution in [-0.2, 0) is 13.6 Å². The van der Waals surface area contributed by atoms with Crippen molar-refractivity contribution >= 4 is 5.91 Å². The van der Waals surface area contributed by atoms with Crippen LogP contribution in [0.1, 0.15) is 21.9 Å². The van der Waals surface area contributed by atoms with Gasteiger partial charge in [0.2, 0.25) is 0 Å². The molecule has 0 spiro atoms. The Morgan fingerprint density at radius 3 is 2.87 bits per heavy atom. The number of amides is 1. The van der Waals surface area contributed by atoms with Gasteiger partial charge >= 0.3 is 0 Å². The number of rotatable bonds is 5. The molecule has 3 heterocycles. The molecule has 1 N–H and O–H groups in total. The maximum absolute atomic E-state index is 11.9. The Labute approximate surface area is 133 Å². The van der Waals surface area contributed by atoms with Crippen LogP contribution in [-0.4, -0.2) is 37.2 Å². The third-order valence-electron chi connectivity index (χ3n) is 3.59. The zero-order chi connectivity index (χ0) is 16.4. The topological polar surface area (TPSA) is 90.8 Å². The number of nitrogens with one attached hydrogen (secondary N) is 1. The predicted octanol–water partition coefficient (Wildman–Crippen LogP) is 1.32. The van der Waals surface area contributed by atoms with Gasteiger partial charge < -0.3 is 9.73 Å². The van der Waals surface area contributed by atoms with Gasteiger partial charge in [0.05, 0.1) is 30.3 Å². The first kappa shape index (κ1) is 15.0. The Kier molecular flexibility index (Phi) is 3.96. The van der Waals surface area contributed by atoms with Crippen molar-refractivity contribution in [1.29, 1.82) is 0 Å². The van der Waals surface area contributed by atoms with Crippen LogP contribution in [0.3, 0.4) is 0 Å². The van der Waals surface area contributed by atoms with Crippen molar-refractivity contribution in [1.82, 2.24) is 30.1 Å². The van der Waals surface area contributed by atoms with Gasteiger partial charge in [0.1, 0.15) is 5.76 Å². The fourth-order valence-corrected chi connectivity index (χ4v) is 2.51. The zero-order valence-electron chi connectivity index (χ0n) is 13.3. The van der Waals surface area contributed by atoms with Crippen molar-refractivity contribution in [2.24, 2.45) is 7.05 Å². The SMILES string of the molecule is Cc1nn(CCNC(=O)c2cn(C)nn2)c(C)c1-c1ccco1. The lowest BCUT2D eigenvalue weighted by Gasteiger charge is -2.06. The Hall–Kier alpha value is -2.90. The fraction of sp³-hybridized carbons (Fsp3) is 0.333. The molecule has 0 atom stereocenters. The van der Waals surface area contributed by atoms with Crippen molar-refractivity contribution in [3.05, 3.63) is 41.7 Å². The molecule has 0 aromatic carbocycles. The van der Waals surface area contributed by atoms with E-state index >= 15 is 0 Å². The van der Waals surface area contributed by atoms with E-state index in [0.29, 0.717) is 18.8 Å². The molecule has 0 fully saturated rings. The molecule has 8 nitrogen and oxygen atoms in total. The van der Waals surface area contributed by atoms with Gasteiger partial charge in [-0.2, -0.15) is 5.10 Å². The van der Waals surface area contributed by atoms with Gasteiger partial charge in [-0.1, -0.05) is 5.21 Å². The largest absolute Gasteiger partial charge is 0.464 e. The first-order valence-corrected chi connectivity index (χ1v) is 7.28. The highest BCUT2D eigenvalue weighted by Crippen LogP contribution is 2.26. The van der Waals surface area contributed by atoms with Crippen LogP contribution in [0.2, 0.25) is 0 Å². The molecule has 0 aliphatic rings. The van der Waals surface area contributed by atoms with Crippen LogP contribution >= 0.6 is 0 Å². The zero-order valence-corrected chi connectivity index (χ0v) is 13.3. The molecule has 0 aliphatic heterocycles. The number of carbonyl (C=O) groups excluding carboxylic acids is 1. The molecule has 0 bridgehead atoms. The van der Waals surface area contributed by atoms with Gasteiger partial charge in [-0.15, -0.1) is 5.10 Å². The third-order valence-corrected chi connectivity index (χ3v) is 3.59. The van der Waals surface area contributed by atoms with Crippen LogP contribution in [0.25, 0.3) is 11.3 Å². The normalized spacial score (nSPS) is 10.9. The minimum atomic E-state index is -0.245. The molecular formula is C15H18N6O2. The lowest BCUT2D eigenvalue weighted by molar-refractivity contribution is 0.0946. The second-order valence-corrected chi connectivity index (χ2v) is 5.28. The summed E-state index contributed by atoms with van der Waals surface area (Å²) in [4.78, 5) is 11.9. The van der Waals surface area contributed by atoms with E-state index in [0.717, 1.165) is 22.7 Å².